The molecule has 0 saturated carbocycles. The second kappa shape index (κ2) is 7.17. The molecule has 134 valence electrons. The zero-order valence-corrected chi connectivity index (χ0v) is 15.4. The Morgan fingerprint density at radius 2 is 2.00 bits per heavy atom. The van der Waals surface area contributed by atoms with Crippen LogP contribution in [0.5, 0.6) is 0 Å². The topological polar surface area (TPSA) is 95.9 Å². The van der Waals surface area contributed by atoms with Gasteiger partial charge in [0.05, 0.1) is 17.5 Å². The minimum atomic E-state index is -3.13. The number of anilines is 1. The lowest BCUT2D eigenvalue weighted by molar-refractivity contribution is -0.133. The predicted molar refractivity (Wildman–Crippen MR) is 97.4 cm³/mol. The highest BCUT2D eigenvalue weighted by Gasteiger charge is 2.37. The number of nitrogens with zero attached hydrogens (tertiary/aromatic N) is 2. The monoisotopic (exact) mass is 381 g/mol. The summed E-state index contributed by atoms with van der Waals surface area (Å²) in [4.78, 5) is 25.6. The van der Waals surface area contributed by atoms with Crippen LogP contribution in [-0.4, -0.2) is 54.8 Å². The number of carbonyl (C=O) groups is 2. The van der Waals surface area contributed by atoms with Crippen LogP contribution in [-0.2, 0) is 19.4 Å². The van der Waals surface area contributed by atoms with Gasteiger partial charge in [-0.3, -0.25) is 9.59 Å². The molecule has 9 heteroatoms. The molecule has 0 radical (unpaired) electrons. The van der Waals surface area contributed by atoms with Gasteiger partial charge in [-0.15, -0.1) is 11.8 Å². The number of nitrogens with one attached hydrogen (secondary N) is 1. The molecule has 2 aliphatic heterocycles. The number of benzene rings is 1. The van der Waals surface area contributed by atoms with Gasteiger partial charge in [-0.25, -0.2) is 13.4 Å². The maximum atomic E-state index is 12.4. The molecule has 0 unspecified atom stereocenters. The Balaban J connectivity index is 1.72. The Hall–Kier alpha value is -1.87. The lowest BCUT2D eigenvalue weighted by Gasteiger charge is -2.27. The summed E-state index contributed by atoms with van der Waals surface area (Å²) in [5, 5.41) is 8.12. The van der Waals surface area contributed by atoms with Gasteiger partial charge in [0.1, 0.15) is 5.71 Å². The van der Waals surface area contributed by atoms with Gasteiger partial charge in [0.25, 0.3) is 5.91 Å². The third kappa shape index (κ3) is 4.21. The molecule has 2 amide bonds. The van der Waals surface area contributed by atoms with Crippen molar-refractivity contribution in [3.8, 4) is 0 Å². The zero-order chi connectivity index (χ0) is 18.0. The number of sulfone groups is 1. The number of hydrogen-bond donors (Lipinski definition) is 1. The molecule has 1 aromatic carbocycles. The highest BCUT2D eigenvalue weighted by molar-refractivity contribution is 7.98. The average Bonchev–Trinajstić information content (AvgIpc) is 2.95. The summed E-state index contributed by atoms with van der Waals surface area (Å²) >= 11 is 1.61. The number of hydrogen-bond acceptors (Lipinski definition) is 6. The van der Waals surface area contributed by atoms with Crippen molar-refractivity contribution in [2.45, 2.75) is 30.2 Å². The van der Waals surface area contributed by atoms with Gasteiger partial charge in [0.15, 0.2) is 9.84 Å². The van der Waals surface area contributed by atoms with E-state index >= 15 is 0 Å². The van der Waals surface area contributed by atoms with E-state index in [-0.39, 0.29) is 41.9 Å². The van der Waals surface area contributed by atoms with Crippen LogP contribution < -0.4 is 5.32 Å². The van der Waals surface area contributed by atoms with Crippen molar-refractivity contribution in [1.29, 1.82) is 0 Å². The largest absolute Gasteiger partial charge is 0.321 e. The molecule has 1 atom stereocenters. The van der Waals surface area contributed by atoms with Gasteiger partial charge in [-0.2, -0.15) is 5.10 Å². The molecule has 0 aliphatic carbocycles. The first-order valence-electron chi connectivity index (χ1n) is 7.93. The lowest BCUT2D eigenvalue weighted by atomic mass is 10.1. The van der Waals surface area contributed by atoms with Gasteiger partial charge in [-0.1, -0.05) is 0 Å². The summed E-state index contributed by atoms with van der Waals surface area (Å²) < 4.78 is 23.3. The minimum absolute atomic E-state index is 0.0558. The Morgan fingerprint density at radius 3 is 2.60 bits per heavy atom. The van der Waals surface area contributed by atoms with Crippen molar-refractivity contribution in [1.82, 2.24) is 5.01 Å². The summed E-state index contributed by atoms with van der Waals surface area (Å²) in [5.41, 5.74) is 0.898. The van der Waals surface area contributed by atoms with Gasteiger partial charge < -0.3 is 5.32 Å². The van der Waals surface area contributed by atoms with E-state index in [4.69, 9.17) is 0 Å². The van der Waals surface area contributed by atoms with Crippen LogP contribution in [0.25, 0.3) is 0 Å². The molecule has 1 N–H and O–H groups in total. The first-order valence-corrected chi connectivity index (χ1v) is 11.0. The van der Waals surface area contributed by atoms with Gasteiger partial charge in [0.2, 0.25) is 5.91 Å². The van der Waals surface area contributed by atoms with Crippen LogP contribution in [0.2, 0.25) is 0 Å². The highest BCUT2D eigenvalue weighted by atomic mass is 32.2. The van der Waals surface area contributed by atoms with Gasteiger partial charge in [-0.05, 0) is 36.9 Å². The normalized spacial score (nSPS) is 22.6. The molecule has 0 spiro atoms. The number of amides is 2. The number of hydrazone groups is 1. The van der Waals surface area contributed by atoms with Crippen molar-refractivity contribution in [3.05, 3.63) is 24.3 Å². The molecule has 3 rings (SSSR count). The first-order chi connectivity index (χ1) is 11.9. The molecule has 1 saturated heterocycles. The van der Waals surface area contributed by atoms with Gasteiger partial charge in [0, 0.05) is 23.4 Å². The fourth-order valence-electron chi connectivity index (χ4n) is 2.87. The Bertz CT molecular complexity index is 818. The minimum Gasteiger partial charge on any atom is -0.321 e. The Kier molecular flexibility index (Phi) is 5.14. The van der Waals surface area contributed by atoms with E-state index in [0.717, 1.165) is 4.90 Å². The summed E-state index contributed by atoms with van der Waals surface area (Å²) in [6, 6.07) is 6.95. The molecule has 1 fully saturated rings. The van der Waals surface area contributed by atoms with Gasteiger partial charge >= 0.3 is 0 Å². The standard InChI is InChI=1S/C16H19N3O4S2/c1-24-13-4-2-11(3-5-13)17-16(21)14-6-7-15(20)19(18-14)12-8-9-25(22,23)10-12/h2-5,12H,6-10H2,1H3,(H,17,21)/t12-/m0/s1. The first kappa shape index (κ1) is 17.9. The summed E-state index contributed by atoms with van der Waals surface area (Å²) in [7, 11) is -3.13. The Labute approximate surface area is 150 Å². The second-order valence-corrected chi connectivity index (χ2v) is 9.13. The van der Waals surface area contributed by atoms with Crippen LogP contribution in [0.15, 0.2) is 34.3 Å². The number of rotatable bonds is 4. The SMILES string of the molecule is CSc1ccc(NC(=O)C2=NN([C@H]3CCS(=O)(=O)C3)C(=O)CC2)cc1. The van der Waals surface area contributed by atoms with Crippen LogP contribution in [0.4, 0.5) is 5.69 Å². The zero-order valence-electron chi connectivity index (χ0n) is 13.8. The smallest absolute Gasteiger partial charge is 0.271 e. The predicted octanol–water partition coefficient (Wildman–Crippen LogP) is 1.51. The van der Waals surface area contributed by atoms with Crippen LogP contribution >= 0.6 is 11.8 Å². The van der Waals surface area contributed by atoms with Crippen molar-refractivity contribution >= 4 is 44.8 Å². The fraction of sp³-hybridized carbons (Fsp3) is 0.438. The van der Waals surface area contributed by atoms with Crippen LogP contribution in [0.1, 0.15) is 19.3 Å². The van der Waals surface area contributed by atoms with E-state index in [0.29, 0.717) is 12.1 Å². The van der Waals surface area contributed by atoms with Crippen LogP contribution in [0.3, 0.4) is 0 Å². The van der Waals surface area contributed by atoms with Crippen LogP contribution in [0, 0.1) is 0 Å². The summed E-state index contributed by atoms with van der Waals surface area (Å²) in [6.07, 6.45) is 2.75. The molecule has 1 aromatic rings. The molecule has 0 aromatic heterocycles. The summed E-state index contributed by atoms with van der Waals surface area (Å²) in [6.45, 7) is 0. The molecule has 2 aliphatic rings. The molecular formula is C16H19N3O4S2. The molecule has 25 heavy (non-hydrogen) atoms. The van der Waals surface area contributed by atoms with Crippen molar-refractivity contribution in [2.24, 2.45) is 5.10 Å². The van der Waals surface area contributed by atoms with Crippen molar-refractivity contribution < 1.29 is 18.0 Å². The second-order valence-electron chi connectivity index (χ2n) is 6.02. The molecule has 7 nitrogen and oxygen atoms in total. The third-order valence-corrected chi connectivity index (χ3v) is 6.72. The third-order valence-electron chi connectivity index (χ3n) is 4.22. The number of carbonyl (C=O) groups excluding carboxylic acids is 2. The van der Waals surface area contributed by atoms with E-state index in [1.165, 1.54) is 5.01 Å². The number of thioether (sulfide) groups is 1. The fourth-order valence-corrected chi connectivity index (χ4v) is 4.97. The highest BCUT2D eigenvalue weighted by Crippen LogP contribution is 2.23. The van der Waals surface area contributed by atoms with E-state index in [1.807, 2.05) is 18.4 Å². The maximum Gasteiger partial charge on any atom is 0.271 e. The molecule has 2 heterocycles. The van der Waals surface area contributed by atoms with E-state index in [1.54, 1.807) is 23.9 Å². The van der Waals surface area contributed by atoms with E-state index in [2.05, 4.69) is 10.4 Å². The lowest BCUT2D eigenvalue weighted by Crippen LogP contribution is -2.42. The van der Waals surface area contributed by atoms with Crippen molar-refractivity contribution in [2.75, 3.05) is 23.1 Å². The average molecular weight is 381 g/mol. The molecule has 0 bridgehead atoms. The summed E-state index contributed by atoms with van der Waals surface area (Å²) in [5.74, 6) is -0.633. The van der Waals surface area contributed by atoms with E-state index in [9.17, 15) is 18.0 Å². The maximum absolute atomic E-state index is 12.4. The quantitative estimate of drug-likeness (QED) is 0.798. The van der Waals surface area contributed by atoms with Crippen molar-refractivity contribution in [3.63, 3.8) is 0 Å². The van der Waals surface area contributed by atoms with E-state index < -0.39 is 15.9 Å². The Morgan fingerprint density at radius 1 is 1.28 bits per heavy atom. The molecular weight excluding hydrogens is 362 g/mol.